The van der Waals surface area contributed by atoms with E-state index in [0.29, 0.717) is 6.04 Å². The molecule has 0 aliphatic heterocycles. The molecule has 0 radical (unpaired) electrons. The van der Waals surface area contributed by atoms with Gasteiger partial charge in [-0.2, -0.15) is 0 Å². The molecular weight excluding hydrogens is 136 g/mol. The molecule has 0 unspecified atom stereocenters. The quantitative estimate of drug-likeness (QED) is 0.588. The van der Waals surface area contributed by atoms with Gasteiger partial charge in [-0.15, -0.1) is 0 Å². The first-order valence-electron chi connectivity index (χ1n) is 3.72. The maximum Gasteiger partial charge on any atom is 0.0443 e. The SMILES string of the molecule is CC(C)/N=C/c1ccncc1. The van der Waals surface area contributed by atoms with Crippen molar-refractivity contribution in [2.45, 2.75) is 19.9 Å². The summed E-state index contributed by atoms with van der Waals surface area (Å²) in [6.07, 6.45) is 5.40. The second-order valence-electron chi connectivity index (χ2n) is 2.65. The predicted molar refractivity (Wildman–Crippen MR) is 47.0 cm³/mol. The Morgan fingerprint density at radius 1 is 1.36 bits per heavy atom. The molecule has 0 atom stereocenters. The first-order chi connectivity index (χ1) is 5.29. The van der Waals surface area contributed by atoms with Crippen LogP contribution in [-0.2, 0) is 0 Å². The van der Waals surface area contributed by atoms with Gasteiger partial charge in [-0.05, 0) is 31.5 Å². The largest absolute Gasteiger partial charge is 0.290 e. The van der Waals surface area contributed by atoms with Gasteiger partial charge < -0.3 is 0 Å². The van der Waals surface area contributed by atoms with Crippen LogP contribution in [0.2, 0.25) is 0 Å². The van der Waals surface area contributed by atoms with Crippen LogP contribution >= 0.6 is 0 Å². The van der Waals surface area contributed by atoms with Crippen molar-refractivity contribution in [1.82, 2.24) is 4.98 Å². The zero-order valence-electron chi connectivity index (χ0n) is 6.86. The number of aromatic nitrogens is 1. The Balaban J connectivity index is 2.65. The molecule has 0 N–H and O–H groups in total. The molecule has 0 fully saturated rings. The van der Waals surface area contributed by atoms with Gasteiger partial charge >= 0.3 is 0 Å². The van der Waals surface area contributed by atoms with E-state index in [1.165, 1.54) is 0 Å². The van der Waals surface area contributed by atoms with Crippen LogP contribution in [-0.4, -0.2) is 17.2 Å². The highest BCUT2D eigenvalue weighted by atomic mass is 14.7. The van der Waals surface area contributed by atoms with Gasteiger partial charge in [-0.25, -0.2) is 0 Å². The third kappa shape index (κ3) is 2.94. The molecule has 58 valence electrons. The summed E-state index contributed by atoms with van der Waals surface area (Å²) in [5.74, 6) is 0. The monoisotopic (exact) mass is 148 g/mol. The fraction of sp³-hybridized carbons (Fsp3) is 0.333. The van der Waals surface area contributed by atoms with Gasteiger partial charge in [0.05, 0.1) is 0 Å². The zero-order chi connectivity index (χ0) is 8.10. The third-order valence-corrected chi connectivity index (χ3v) is 1.23. The van der Waals surface area contributed by atoms with Crippen molar-refractivity contribution in [3.8, 4) is 0 Å². The van der Waals surface area contributed by atoms with Crippen LogP contribution in [0.4, 0.5) is 0 Å². The van der Waals surface area contributed by atoms with Gasteiger partial charge in [0.1, 0.15) is 0 Å². The normalized spacial score (nSPS) is 11.2. The molecule has 1 aromatic heterocycles. The highest BCUT2D eigenvalue weighted by Crippen LogP contribution is 1.93. The van der Waals surface area contributed by atoms with Crippen molar-refractivity contribution in [2.75, 3.05) is 0 Å². The maximum atomic E-state index is 4.24. The van der Waals surface area contributed by atoms with Crippen LogP contribution in [0.15, 0.2) is 29.5 Å². The van der Waals surface area contributed by atoms with E-state index in [1.54, 1.807) is 12.4 Å². The molecule has 0 bridgehead atoms. The van der Waals surface area contributed by atoms with Crippen molar-refractivity contribution in [3.63, 3.8) is 0 Å². The Kier molecular flexibility index (Phi) is 2.78. The second-order valence-corrected chi connectivity index (χ2v) is 2.65. The minimum atomic E-state index is 0.364. The van der Waals surface area contributed by atoms with Gasteiger partial charge in [-0.3, -0.25) is 9.98 Å². The van der Waals surface area contributed by atoms with E-state index in [2.05, 4.69) is 23.8 Å². The van der Waals surface area contributed by atoms with Crippen LogP contribution in [0, 0.1) is 0 Å². The minimum Gasteiger partial charge on any atom is -0.290 e. The molecule has 1 aromatic rings. The summed E-state index contributed by atoms with van der Waals surface area (Å²) in [7, 11) is 0. The molecule has 11 heavy (non-hydrogen) atoms. The fourth-order valence-corrected chi connectivity index (χ4v) is 0.685. The lowest BCUT2D eigenvalue weighted by atomic mass is 10.3. The summed E-state index contributed by atoms with van der Waals surface area (Å²) in [5.41, 5.74) is 1.11. The van der Waals surface area contributed by atoms with Crippen LogP contribution in [0.3, 0.4) is 0 Å². The Hall–Kier alpha value is -1.18. The maximum absolute atomic E-state index is 4.24. The van der Waals surface area contributed by atoms with E-state index in [4.69, 9.17) is 0 Å². The molecule has 0 aromatic carbocycles. The zero-order valence-corrected chi connectivity index (χ0v) is 6.86. The topological polar surface area (TPSA) is 25.2 Å². The summed E-state index contributed by atoms with van der Waals surface area (Å²) in [6.45, 7) is 4.11. The van der Waals surface area contributed by atoms with Gasteiger partial charge in [0.2, 0.25) is 0 Å². The average molecular weight is 148 g/mol. The molecule has 0 saturated heterocycles. The second kappa shape index (κ2) is 3.86. The third-order valence-electron chi connectivity index (χ3n) is 1.23. The summed E-state index contributed by atoms with van der Waals surface area (Å²) >= 11 is 0. The average Bonchev–Trinajstić information content (AvgIpc) is 2.03. The Morgan fingerprint density at radius 3 is 2.55 bits per heavy atom. The smallest absolute Gasteiger partial charge is 0.0443 e. The summed E-state index contributed by atoms with van der Waals surface area (Å²) in [6, 6.07) is 4.24. The van der Waals surface area contributed by atoms with Gasteiger partial charge in [0, 0.05) is 24.7 Å². The van der Waals surface area contributed by atoms with E-state index in [1.807, 2.05) is 18.3 Å². The fourth-order valence-electron chi connectivity index (χ4n) is 0.685. The lowest BCUT2D eigenvalue weighted by Crippen LogP contribution is -1.90. The van der Waals surface area contributed by atoms with Crippen LogP contribution < -0.4 is 0 Å². The van der Waals surface area contributed by atoms with E-state index < -0.39 is 0 Å². The van der Waals surface area contributed by atoms with Gasteiger partial charge in [-0.1, -0.05) is 0 Å². The first kappa shape index (κ1) is 7.92. The molecule has 0 amide bonds. The number of hydrogen-bond acceptors (Lipinski definition) is 2. The van der Waals surface area contributed by atoms with Crippen LogP contribution in [0.5, 0.6) is 0 Å². The van der Waals surface area contributed by atoms with Crippen molar-refractivity contribution < 1.29 is 0 Å². The number of aliphatic imine (C=N–C) groups is 1. The van der Waals surface area contributed by atoms with Crippen molar-refractivity contribution in [1.29, 1.82) is 0 Å². The first-order valence-corrected chi connectivity index (χ1v) is 3.72. The highest BCUT2D eigenvalue weighted by molar-refractivity contribution is 5.79. The lowest BCUT2D eigenvalue weighted by Gasteiger charge is -1.93. The van der Waals surface area contributed by atoms with E-state index in [-0.39, 0.29) is 0 Å². The predicted octanol–water partition coefficient (Wildman–Crippen LogP) is 1.91. The number of rotatable bonds is 2. The molecule has 0 aliphatic carbocycles. The Bertz CT molecular complexity index is 227. The molecule has 2 nitrogen and oxygen atoms in total. The van der Waals surface area contributed by atoms with Gasteiger partial charge in [0.15, 0.2) is 0 Å². The van der Waals surface area contributed by atoms with Crippen molar-refractivity contribution in [3.05, 3.63) is 30.1 Å². The summed E-state index contributed by atoms with van der Waals surface area (Å²) in [4.78, 5) is 8.15. The molecule has 0 spiro atoms. The van der Waals surface area contributed by atoms with Crippen molar-refractivity contribution in [2.24, 2.45) is 4.99 Å². The molecule has 1 heterocycles. The summed E-state index contributed by atoms with van der Waals surface area (Å²) in [5, 5.41) is 0. The Labute approximate surface area is 67.0 Å². The van der Waals surface area contributed by atoms with Crippen LogP contribution in [0.1, 0.15) is 19.4 Å². The van der Waals surface area contributed by atoms with E-state index >= 15 is 0 Å². The molecule has 0 saturated carbocycles. The standard InChI is InChI=1S/C9H12N2/c1-8(2)11-7-9-3-5-10-6-4-9/h3-8H,1-2H3/b11-7+. The summed E-state index contributed by atoms with van der Waals surface area (Å²) < 4.78 is 0. The van der Waals surface area contributed by atoms with Crippen LogP contribution in [0.25, 0.3) is 0 Å². The minimum absolute atomic E-state index is 0.364. The molecule has 0 aliphatic rings. The number of nitrogens with zero attached hydrogens (tertiary/aromatic N) is 2. The number of pyridine rings is 1. The lowest BCUT2D eigenvalue weighted by molar-refractivity contribution is 0.841. The molecular formula is C9H12N2. The molecule has 2 heteroatoms. The highest BCUT2D eigenvalue weighted by Gasteiger charge is 1.85. The van der Waals surface area contributed by atoms with E-state index in [9.17, 15) is 0 Å². The number of hydrogen-bond donors (Lipinski definition) is 0. The Morgan fingerprint density at radius 2 is 2.00 bits per heavy atom. The van der Waals surface area contributed by atoms with E-state index in [0.717, 1.165) is 5.56 Å². The van der Waals surface area contributed by atoms with Gasteiger partial charge in [0.25, 0.3) is 0 Å². The molecule has 1 rings (SSSR count). The van der Waals surface area contributed by atoms with Crippen molar-refractivity contribution >= 4 is 6.21 Å².